The number of sulfone groups is 1. The van der Waals surface area contributed by atoms with Gasteiger partial charge in [-0.2, -0.15) is 0 Å². The van der Waals surface area contributed by atoms with Crippen LogP contribution in [0.25, 0.3) is 0 Å². The van der Waals surface area contributed by atoms with Crippen LogP contribution in [0.1, 0.15) is 26.7 Å². The second-order valence-electron chi connectivity index (χ2n) is 4.50. The van der Waals surface area contributed by atoms with Crippen molar-refractivity contribution in [2.24, 2.45) is 5.92 Å². The maximum Gasteiger partial charge on any atom is 0.151 e. The molecule has 0 aliphatic heterocycles. The third kappa shape index (κ3) is 4.49. The quantitative estimate of drug-likeness (QED) is 0.689. The Labute approximate surface area is 92.0 Å². The normalized spacial score (nSPS) is 28.5. The second kappa shape index (κ2) is 5.27. The first-order valence-electron chi connectivity index (χ1n) is 5.55. The van der Waals surface area contributed by atoms with E-state index in [1.54, 1.807) is 6.92 Å². The van der Waals surface area contributed by atoms with Gasteiger partial charge in [0, 0.05) is 11.8 Å². The van der Waals surface area contributed by atoms with E-state index in [2.05, 4.69) is 5.32 Å². The van der Waals surface area contributed by atoms with E-state index in [9.17, 15) is 8.42 Å². The minimum atomic E-state index is -2.88. The average Bonchev–Trinajstić information content (AvgIpc) is 2.10. The molecule has 0 spiro atoms. The SMILES string of the molecule is CCS(=O)(=O)CC(C)NCC1CC(O)C1. The fourth-order valence-electron chi connectivity index (χ4n) is 1.79. The summed E-state index contributed by atoms with van der Waals surface area (Å²) in [7, 11) is -2.88. The summed E-state index contributed by atoms with van der Waals surface area (Å²) in [6.07, 6.45) is 1.56. The Morgan fingerprint density at radius 2 is 2.07 bits per heavy atom. The predicted octanol–water partition coefficient (Wildman–Crippen LogP) is 0.170. The molecule has 0 aromatic rings. The second-order valence-corrected chi connectivity index (χ2v) is 6.90. The third-order valence-corrected chi connectivity index (χ3v) is 4.80. The monoisotopic (exact) mass is 235 g/mol. The lowest BCUT2D eigenvalue weighted by Crippen LogP contribution is -2.41. The molecule has 1 atom stereocenters. The molecule has 1 rings (SSSR count). The zero-order valence-electron chi connectivity index (χ0n) is 9.44. The highest BCUT2D eigenvalue weighted by Crippen LogP contribution is 2.26. The first kappa shape index (κ1) is 12.9. The van der Waals surface area contributed by atoms with Gasteiger partial charge in [-0.3, -0.25) is 0 Å². The van der Waals surface area contributed by atoms with Crippen LogP contribution in [0.15, 0.2) is 0 Å². The van der Waals surface area contributed by atoms with Crippen LogP contribution in [0, 0.1) is 5.92 Å². The molecule has 0 aromatic carbocycles. The summed E-state index contributed by atoms with van der Waals surface area (Å²) in [6.45, 7) is 4.38. The van der Waals surface area contributed by atoms with Crippen LogP contribution in [0.5, 0.6) is 0 Å². The van der Waals surface area contributed by atoms with Crippen molar-refractivity contribution < 1.29 is 13.5 Å². The van der Waals surface area contributed by atoms with Gasteiger partial charge in [-0.25, -0.2) is 8.42 Å². The maximum absolute atomic E-state index is 11.3. The first-order valence-corrected chi connectivity index (χ1v) is 7.37. The van der Waals surface area contributed by atoms with Crippen LogP contribution in [0.4, 0.5) is 0 Å². The zero-order valence-corrected chi connectivity index (χ0v) is 10.3. The van der Waals surface area contributed by atoms with Gasteiger partial charge in [0.2, 0.25) is 0 Å². The predicted molar refractivity (Wildman–Crippen MR) is 60.5 cm³/mol. The minimum absolute atomic E-state index is 0.00712. The summed E-state index contributed by atoms with van der Waals surface area (Å²) in [5.41, 5.74) is 0. The molecule has 0 aromatic heterocycles. The maximum atomic E-state index is 11.3. The van der Waals surface area contributed by atoms with E-state index < -0.39 is 9.84 Å². The van der Waals surface area contributed by atoms with Crippen molar-refractivity contribution in [1.82, 2.24) is 5.32 Å². The molecule has 90 valence electrons. The summed E-state index contributed by atoms with van der Waals surface area (Å²) >= 11 is 0. The Hall–Kier alpha value is -0.130. The highest BCUT2D eigenvalue weighted by Gasteiger charge is 2.27. The van der Waals surface area contributed by atoms with Crippen molar-refractivity contribution in [3.05, 3.63) is 0 Å². The van der Waals surface area contributed by atoms with Crippen LogP contribution < -0.4 is 5.32 Å². The van der Waals surface area contributed by atoms with Crippen LogP contribution in [0.2, 0.25) is 0 Å². The smallest absolute Gasteiger partial charge is 0.151 e. The molecule has 1 saturated carbocycles. The van der Waals surface area contributed by atoms with Crippen LogP contribution >= 0.6 is 0 Å². The number of aliphatic hydroxyl groups excluding tert-OH is 1. The fourth-order valence-corrected chi connectivity index (χ4v) is 2.91. The van der Waals surface area contributed by atoms with E-state index in [-0.39, 0.29) is 23.7 Å². The van der Waals surface area contributed by atoms with Gasteiger partial charge in [0.25, 0.3) is 0 Å². The van der Waals surface area contributed by atoms with Gasteiger partial charge in [-0.05, 0) is 32.2 Å². The molecule has 0 radical (unpaired) electrons. The highest BCUT2D eigenvalue weighted by atomic mass is 32.2. The summed E-state index contributed by atoms with van der Waals surface area (Å²) in [5, 5.41) is 12.3. The first-order chi connectivity index (χ1) is 6.93. The van der Waals surface area contributed by atoms with E-state index in [0.29, 0.717) is 5.92 Å². The van der Waals surface area contributed by atoms with Gasteiger partial charge in [-0.1, -0.05) is 6.92 Å². The summed E-state index contributed by atoms with van der Waals surface area (Å²) in [5.74, 6) is 0.937. The number of hydrogen-bond donors (Lipinski definition) is 2. The van der Waals surface area contributed by atoms with Crippen molar-refractivity contribution >= 4 is 9.84 Å². The van der Waals surface area contributed by atoms with Gasteiger partial charge in [-0.15, -0.1) is 0 Å². The van der Waals surface area contributed by atoms with Crippen molar-refractivity contribution in [3.8, 4) is 0 Å². The lowest BCUT2D eigenvalue weighted by molar-refractivity contribution is 0.0423. The Kier molecular flexibility index (Phi) is 4.55. The summed E-state index contributed by atoms with van der Waals surface area (Å²) in [6, 6.07) is 0.00712. The molecule has 1 fully saturated rings. The lowest BCUT2D eigenvalue weighted by atomic mass is 9.82. The molecule has 4 nitrogen and oxygen atoms in total. The van der Waals surface area contributed by atoms with Gasteiger partial charge in [0.15, 0.2) is 9.84 Å². The number of nitrogens with one attached hydrogen (secondary N) is 1. The van der Waals surface area contributed by atoms with Crippen LogP contribution in [-0.4, -0.2) is 43.7 Å². The molecule has 1 aliphatic carbocycles. The Bertz CT molecular complexity index is 283. The Morgan fingerprint density at radius 3 is 2.53 bits per heavy atom. The largest absolute Gasteiger partial charge is 0.393 e. The van der Waals surface area contributed by atoms with Crippen molar-refractivity contribution in [2.75, 3.05) is 18.1 Å². The van der Waals surface area contributed by atoms with Crippen molar-refractivity contribution in [3.63, 3.8) is 0 Å². The van der Waals surface area contributed by atoms with Crippen molar-refractivity contribution in [1.29, 1.82) is 0 Å². The molecule has 5 heteroatoms. The third-order valence-electron chi connectivity index (χ3n) is 2.91. The zero-order chi connectivity index (χ0) is 11.5. The molecular formula is C10H21NO3S. The number of rotatable bonds is 6. The minimum Gasteiger partial charge on any atom is -0.393 e. The van der Waals surface area contributed by atoms with E-state index >= 15 is 0 Å². The molecule has 1 unspecified atom stereocenters. The van der Waals surface area contributed by atoms with Gasteiger partial charge in [0.05, 0.1) is 11.9 Å². The van der Waals surface area contributed by atoms with E-state index in [1.807, 2.05) is 6.92 Å². The van der Waals surface area contributed by atoms with Crippen LogP contribution in [-0.2, 0) is 9.84 Å². The average molecular weight is 235 g/mol. The van der Waals surface area contributed by atoms with Crippen LogP contribution in [0.3, 0.4) is 0 Å². The Balaban J connectivity index is 2.16. The molecule has 15 heavy (non-hydrogen) atoms. The topological polar surface area (TPSA) is 66.4 Å². The molecule has 0 heterocycles. The fraction of sp³-hybridized carbons (Fsp3) is 1.00. The molecule has 0 amide bonds. The summed E-state index contributed by atoms with van der Waals surface area (Å²) < 4.78 is 22.6. The Morgan fingerprint density at radius 1 is 1.47 bits per heavy atom. The van der Waals surface area contributed by atoms with E-state index in [4.69, 9.17) is 5.11 Å². The van der Waals surface area contributed by atoms with Gasteiger partial charge < -0.3 is 10.4 Å². The standard InChI is InChI=1S/C10H21NO3S/c1-3-15(13,14)7-8(2)11-6-9-4-10(12)5-9/h8-12H,3-7H2,1-2H3. The van der Waals surface area contributed by atoms with Gasteiger partial charge in [0.1, 0.15) is 0 Å². The van der Waals surface area contributed by atoms with Crippen molar-refractivity contribution in [2.45, 2.75) is 38.8 Å². The highest BCUT2D eigenvalue weighted by molar-refractivity contribution is 7.91. The summed E-state index contributed by atoms with van der Waals surface area (Å²) in [4.78, 5) is 0. The lowest BCUT2D eigenvalue weighted by Gasteiger charge is -2.32. The number of aliphatic hydroxyl groups is 1. The molecule has 1 aliphatic rings. The molecular weight excluding hydrogens is 214 g/mol. The molecule has 0 bridgehead atoms. The van der Waals surface area contributed by atoms with E-state index in [1.165, 1.54) is 0 Å². The van der Waals surface area contributed by atoms with E-state index in [0.717, 1.165) is 19.4 Å². The molecule has 0 saturated heterocycles. The molecule has 2 N–H and O–H groups in total. The number of hydrogen-bond acceptors (Lipinski definition) is 4. The van der Waals surface area contributed by atoms with Gasteiger partial charge >= 0.3 is 0 Å².